The zero-order valence-corrected chi connectivity index (χ0v) is 9.70. The summed E-state index contributed by atoms with van der Waals surface area (Å²) in [5.74, 6) is 0. The van der Waals surface area contributed by atoms with Gasteiger partial charge in [-0.15, -0.1) is 0 Å². The van der Waals surface area contributed by atoms with Crippen LogP contribution in [0.3, 0.4) is 0 Å². The molecule has 0 saturated heterocycles. The SMILES string of the molecule is CNc1ccc([N+]#N)cc1.[Al+].[Cl-].[Cl-]. The molecule has 0 unspecified atom stereocenters. The number of halogens is 2. The number of nitrogens with one attached hydrogen (secondary N) is 1. The van der Waals surface area contributed by atoms with Crippen LogP contribution in [-0.2, 0) is 0 Å². The van der Waals surface area contributed by atoms with E-state index < -0.39 is 0 Å². The minimum Gasteiger partial charge on any atom is -1.00 e. The first-order chi connectivity index (χ1) is 4.86. The Hall–Kier alpha value is -0.448. The van der Waals surface area contributed by atoms with Gasteiger partial charge in [-0.3, -0.25) is 0 Å². The third-order valence-corrected chi connectivity index (χ3v) is 1.27. The van der Waals surface area contributed by atoms with E-state index in [9.17, 15) is 0 Å². The van der Waals surface area contributed by atoms with Crippen LogP contribution in [0, 0.1) is 5.39 Å². The van der Waals surface area contributed by atoms with Crippen molar-refractivity contribution in [1.82, 2.24) is 0 Å². The first-order valence-electron chi connectivity index (χ1n) is 2.99. The normalized spacial score (nSPS) is 6.46. The molecule has 0 amide bonds. The minimum atomic E-state index is 0. The van der Waals surface area contributed by atoms with Crippen LogP contribution >= 0.6 is 0 Å². The van der Waals surface area contributed by atoms with E-state index in [1.807, 2.05) is 19.2 Å². The Kier molecular flexibility index (Phi) is 13.6. The van der Waals surface area contributed by atoms with E-state index in [-0.39, 0.29) is 42.2 Å². The van der Waals surface area contributed by atoms with Crippen LogP contribution < -0.4 is 30.1 Å². The monoisotopic (exact) mass is 231 g/mol. The fourth-order valence-electron chi connectivity index (χ4n) is 0.695. The molecule has 0 fully saturated rings. The van der Waals surface area contributed by atoms with Crippen molar-refractivity contribution in [3.05, 3.63) is 29.2 Å². The van der Waals surface area contributed by atoms with Crippen LogP contribution in [0.5, 0.6) is 0 Å². The molecule has 0 aromatic heterocycles. The molecule has 0 spiro atoms. The van der Waals surface area contributed by atoms with Gasteiger partial charge in [0.1, 0.15) is 0 Å². The number of hydrogen-bond acceptors (Lipinski definition) is 2. The first-order valence-corrected chi connectivity index (χ1v) is 2.99. The Balaban J connectivity index is -0.000000333. The van der Waals surface area contributed by atoms with E-state index in [1.165, 1.54) is 0 Å². The molecule has 1 rings (SSSR count). The van der Waals surface area contributed by atoms with Crippen molar-refractivity contribution in [2.75, 3.05) is 12.4 Å². The van der Waals surface area contributed by atoms with E-state index in [0.717, 1.165) is 5.69 Å². The fraction of sp³-hybridized carbons (Fsp3) is 0.143. The van der Waals surface area contributed by atoms with Gasteiger partial charge in [0.2, 0.25) is 5.39 Å². The number of hydrogen-bond donors (Lipinski definition) is 1. The molecular weight excluding hydrogens is 224 g/mol. The maximum absolute atomic E-state index is 8.31. The molecule has 6 heteroatoms. The predicted molar refractivity (Wildman–Crippen MR) is 46.5 cm³/mol. The standard InChI is InChI=1S/C7H8N3.Al.2ClH/c1-9-6-2-4-7(10-8)5-3-6;;;/h2-5,9H,1H3;;2*1H/q2*+1;;/p-2. The van der Waals surface area contributed by atoms with Crippen molar-refractivity contribution >= 4 is 28.7 Å². The molecule has 0 aliphatic heterocycles. The third kappa shape index (κ3) is 5.74. The molecule has 1 aromatic carbocycles. The summed E-state index contributed by atoms with van der Waals surface area (Å²) in [5.41, 5.74) is 1.58. The largest absolute Gasteiger partial charge is 1.00 e. The van der Waals surface area contributed by atoms with Gasteiger partial charge in [0.05, 0.1) is 0 Å². The van der Waals surface area contributed by atoms with Gasteiger partial charge >= 0.3 is 23.0 Å². The smallest absolute Gasteiger partial charge is 1.00 e. The Bertz CT molecular complexity index is 257. The quantitative estimate of drug-likeness (QED) is 0.394. The molecule has 0 bridgehead atoms. The molecule has 68 valence electrons. The van der Waals surface area contributed by atoms with Crippen molar-refractivity contribution in [3.8, 4) is 0 Å². The third-order valence-electron chi connectivity index (χ3n) is 1.27. The Labute approximate surface area is 100 Å². The van der Waals surface area contributed by atoms with Crippen molar-refractivity contribution in [2.24, 2.45) is 0 Å². The van der Waals surface area contributed by atoms with Crippen molar-refractivity contribution in [1.29, 1.82) is 5.39 Å². The summed E-state index contributed by atoms with van der Waals surface area (Å²) in [6.45, 7) is 0. The van der Waals surface area contributed by atoms with Gasteiger partial charge in [-0.25, -0.2) is 0 Å². The van der Waals surface area contributed by atoms with E-state index in [1.54, 1.807) is 12.1 Å². The summed E-state index contributed by atoms with van der Waals surface area (Å²) in [7, 11) is 1.84. The average Bonchev–Trinajstić information content (AvgIpc) is 2.05. The Morgan fingerprint density at radius 1 is 1.15 bits per heavy atom. The molecule has 0 atom stereocenters. The zero-order valence-electron chi connectivity index (χ0n) is 7.04. The number of rotatable bonds is 1. The summed E-state index contributed by atoms with van der Waals surface area (Å²) in [6.07, 6.45) is 0. The summed E-state index contributed by atoms with van der Waals surface area (Å²) in [4.78, 5) is 3.02. The molecule has 0 heterocycles. The van der Waals surface area contributed by atoms with E-state index in [2.05, 4.69) is 10.3 Å². The number of benzene rings is 1. The minimum absolute atomic E-state index is 0. The van der Waals surface area contributed by atoms with Crippen LogP contribution in [0.2, 0.25) is 0 Å². The second-order valence-corrected chi connectivity index (χ2v) is 1.90. The summed E-state index contributed by atoms with van der Waals surface area (Å²) in [5, 5.41) is 11.3. The van der Waals surface area contributed by atoms with Gasteiger partial charge < -0.3 is 30.1 Å². The maximum Gasteiger partial charge on any atom is 1.00 e. The first kappa shape index (κ1) is 18.4. The van der Waals surface area contributed by atoms with Crippen molar-refractivity contribution in [2.45, 2.75) is 0 Å². The second kappa shape index (κ2) is 9.64. The Morgan fingerprint density at radius 2 is 1.62 bits per heavy atom. The fourth-order valence-corrected chi connectivity index (χ4v) is 0.695. The van der Waals surface area contributed by atoms with E-state index in [4.69, 9.17) is 5.39 Å². The van der Waals surface area contributed by atoms with Crippen LogP contribution in [0.15, 0.2) is 24.3 Å². The van der Waals surface area contributed by atoms with Gasteiger partial charge in [-0.1, -0.05) is 0 Å². The molecule has 0 aliphatic rings. The topological polar surface area (TPSA) is 40.2 Å². The van der Waals surface area contributed by atoms with Gasteiger partial charge in [0, 0.05) is 24.9 Å². The van der Waals surface area contributed by atoms with Crippen molar-refractivity contribution < 1.29 is 24.8 Å². The molecule has 1 aromatic rings. The molecular formula is C7H8AlCl2N3. The molecule has 13 heavy (non-hydrogen) atoms. The molecule has 2 radical (unpaired) electrons. The molecule has 3 nitrogen and oxygen atoms in total. The van der Waals surface area contributed by atoms with Crippen molar-refractivity contribution in [3.63, 3.8) is 0 Å². The summed E-state index contributed by atoms with van der Waals surface area (Å²) >= 11 is 0. The van der Waals surface area contributed by atoms with Gasteiger partial charge in [0.25, 0.3) is 0 Å². The van der Waals surface area contributed by atoms with Gasteiger partial charge in [-0.2, -0.15) is 0 Å². The van der Waals surface area contributed by atoms with Crippen LogP contribution in [0.25, 0.3) is 4.98 Å². The van der Waals surface area contributed by atoms with Crippen LogP contribution in [0.4, 0.5) is 11.4 Å². The second-order valence-electron chi connectivity index (χ2n) is 1.90. The summed E-state index contributed by atoms with van der Waals surface area (Å²) < 4.78 is 0. The van der Waals surface area contributed by atoms with Gasteiger partial charge in [-0.05, 0) is 12.1 Å². The molecule has 0 aliphatic carbocycles. The number of anilines is 1. The maximum atomic E-state index is 8.31. The summed E-state index contributed by atoms with van der Waals surface area (Å²) in [6, 6.07) is 7.14. The van der Waals surface area contributed by atoms with E-state index >= 15 is 0 Å². The average molecular weight is 232 g/mol. The van der Waals surface area contributed by atoms with Crippen LogP contribution in [0.1, 0.15) is 0 Å². The predicted octanol–water partition coefficient (Wildman–Crippen LogP) is -4.16. The zero-order chi connectivity index (χ0) is 7.40. The molecule has 0 saturated carbocycles. The number of nitrogens with zero attached hydrogens (tertiary/aromatic N) is 2. The number of diazo groups is 1. The molecule has 1 N–H and O–H groups in total. The van der Waals surface area contributed by atoms with Gasteiger partial charge in [0.15, 0.2) is 4.98 Å². The van der Waals surface area contributed by atoms with E-state index in [0.29, 0.717) is 5.69 Å². The van der Waals surface area contributed by atoms with Crippen LogP contribution in [-0.4, -0.2) is 24.4 Å². The Morgan fingerprint density at radius 3 is 1.92 bits per heavy atom.